The van der Waals surface area contributed by atoms with E-state index in [0.29, 0.717) is 18.9 Å². The zero-order valence-corrected chi connectivity index (χ0v) is 11.8. The van der Waals surface area contributed by atoms with Crippen LogP contribution in [0, 0.1) is 0 Å². The average molecular weight is 268 g/mol. The van der Waals surface area contributed by atoms with Crippen LogP contribution in [0.15, 0.2) is 0 Å². The standard InChI is InChI=1S/C14H24N2O3/c1-11(2)15-8-3-6-14(7-9-15,13(18)19)16(10-17)12-4-5-12/h10-12H,3-9H2,1-2H3,(H,18,19). The summed E-state index contributed by atoms with van der Waals surface area (Å²) in [7, 11) is 0. The van der Waals surface area contributed by atoms with Gasteiger partial charge >= 0.3 is 5.97 Å². The molecule has 0 aromatic carbocycles. The van der Waals surface area contributed by atoms with Crippen molar-refractivity contribution in [1.82, 2.24) is 9.80 Å². The minimum atomic E-state index is -0.980. The van der Waals surface area contributed by atoms with Crippen LogP contribution in [0.5, 0.6) is 0 Å². The molecule has 0 radical (unpaired) electrons. The molecule has 2 fully saturated rings. The van der Waals surface area contributed by atoms with Crippen molar-refractivity contribution >= 4 is 12.4 Å². The van der Waals surface area contributed by atoms with Crippen molar-refractivity contribution in [3.8, 4) is 0 Å². The third-order valence-electron chi connectivity index (χ3n) is 4.52. The molecule has 0 bridgehead atoms. The van der Waals surface area contributed by atoms with Crippen LogP contribution in [0.25, 0.3) is 0 Å². The summed E-state index contributed by atoms with van der Waals surface area (Å²) in [6, 6.07) is 0.578. The molecule has 0 spiro atoms. The lowest BCUT2D eigenvalue weighted by Gasteiger charge is -2.38. The van der Waals surface area contributed by atoms with Crippen LogP contribution in [0.4, 0.5) is 0 Å². The molecule has 0 aromatic rings. The Morgan fingerprint density at radius 2 is 2.05 bits per heavy atom. The van der Waals surface area contributed by atoms with E-state index in [1.54, 1.807) is 4.90 Å². The summed E-state index contributed by atoms with van der Waals surface area (Å²) in [6.07, 6.45) is 4.60. The van der Waals surface area contributed by atoms with Crippen LogP contribution in [-0.2, 0) is 9.59 Å². The molecular formula is C14H24N2O3. The second kappa shape index (κ2) is 5.49. The summed E-state index contributed by atoms with van der Waals surface area (Å²) >= 11 is 0. The van der Waals surface area contributed by atoms with Gasteiger partial charge in [-0.1, -0.05) is 0 Å². The maximum atomic E-state index is 11.8. The van der Waals surface area contributed by atoms with E-state index in [4.69, 9.17) is 0 Å². The molecule has 5 nitrogen and oxygen atoms in total. The third-order valence-corrected chi connectivity index (χ3v) is 4.52. The number of hydrogen-bond acceptors (Lipinski definition) is 3. The zero-order valence-electron chi connectivity index (χ0n) is 11.8. The molecule has 1 heterocycles. The second-order valence-electron chi connectivity index (χ2n) is 6.06. The fourth-order valence-electron chi connectivity index (χ4n) is 3.13. The largest absolute Gasteiger partial charge is 0.479 e. The first kappa shape index (κ1) is 14.3. The van der Waals surface area contributed by atoms with Gasteiger partial charge in [0.25, 0.3) is 0 Å². The molecule has 2 rings (SSSR count). The number of carboxylic acid groups (broad SMARTS) is 1. The van der Waals surface area contributed by atoms with Gasteiger partial charge < -0.3 is 14.9 Å². The van der Waals surface area contributed by atoms with Crippen LogP contribution in [0.2, 0.25) is 0 Å². The lowest BCUT2D eigenvalue weighted by Crippen LogP contribution is -2.55. The van der Waals surface area contributed by atoms with Gasteiger partial charge in [-0.2, -0.15) is 0 Å². The minimum absolute atomic E-state index is 0.152. The molecule has 1 N–H and O–H groups in total. The molecule has 0 aromatic heterocycles. The number of aliphatic carboxylic acids is 1. The Bertz CT molecular complexity index is 355. The number of amides is 1. The zero-order chi connectivity index (χ0) is 14.0. The highest BCUT2D eigenvalue weighted by Gasteiger charge is 2.49. The summed E-state index contributed by atoms with van der Waals surface area (Å²) in [5.74, 6) is -0.836. The quantitative estimate of drug-likeness (QED) is 0.764. The summed E-state index contributed by atoms with van der Waals surface area (Å²) < 4.78 is 0. The summed E-state index contributed by atoms with van der Waals surface area (Å²) in [5.41, 5.74) is -0.980. The fraction of sp³-hybridized carbons (Fsp3) is 0.857. The predicted octanol–water partition coefficient (Wildman–Crippen LogP) is 1.32. The van der Waals surface area contributed by atoms with Crippen molar-refractivity contribution in [3.63, 3.8) is 0 Å². The van der Waals surface area contributed by atoms with Crippen LogP contribution in [0.1, 0.15) is 46.0 Å². The van der Waals surface area contributed by atoms with E-state index in [1.807, 2.05) is 0 Å². The first-order valence-corrected chi connectivity index (χ1v) is 7.22. The van der Waals surface area contributed by atoms with E-state index in [-0.39, 0.29) is 6.04 Å². The van der Waals surface area contributed by atoms with Gasteiger partial charge in [0.2, 0.25) is 6.41 Å². The van der Waals surface area contributed by atoms with E-state index in [0.717, 1.165) is 38.8 Å². The van der Waals surface area contributed by atoms with Gasteiger partial charge in [-0.05, 0) is 52.5 Å². The predicted molar refractivity (Wildman–Crippen MR) is 71.9 cm³/mol. The molecule has 1 unspecified atom stereocenters. The lowest BCUT2D eigenvalue weighted by molar-refractivity contribution is -0.157. The Balaban J connectivity index is 2.19. The number of nitrogens with zero attached hydrogens (tertiary/aromatic N) is 2. The molecule has 5 heteroatoms. The molecule has 1 saturated heterocycles. The number of rotatable bonds is 5. The highest BCUT2D eigenvalue weighted by molar-refractivity contribution is 5.82. The van der Waals surface area contributed by atoms with Crippen molar-refractivity contribution in [3.05, 3.63) is 0 Å². The first-order chi connectivity index (χ1) is 9.01. The number of carbonyl (C=O) groups excluding carboxylic acids is 1. The second-order valence-corrected chi connectivity index (χ2v) is 6.06. The van der Waals surface area contributed by atoms with Gasteiger partial charge in [0, 0.05) is 18.6 Å². The van der Waals surface area contributed by atoms with Crippen LogP contribution < -0.4 is 0 Å². The van der Waals surface area contributed by atoms with Crippen molar-refractivity contribution in [2.24, 2.45) is 0 Å². The number of likely N-dealkylation sites (tertiary alicyclic amines) is 1. The summed E-state index contributed by atoms with van der Waals surface area (Å²) in [5, 5.41) is 9.70. The Hall–Kier alpha value is -1.10. The van der Waals surface area contributed by atoms with Gasteiger partial charge in [-0.15, -0.1) is 0 Å². The molecule has 1 amide bonds. The number of carboxylic acids is 1. The van der Waals surface area contributed by atoms with Crippen LogP contribution in [0.3, 0.4) is 0 Å². The van der Waals surface area contributed by atoms with Crippen molar-refractivity contribution in [2.45, 2.75) is 63.6 Å². The van der Waals surface area contributed by atoms with Gasteiger partial charge in [-0.3, -0.25) is 4.79 Å². The highest BCUT2D eigenvalue weighted by atomic mass is 16.4. The van der Waals surface area contributed by atoms with Crippen LogP contribution >= 0.6 is 0 Å². The van der Waals surface area contributed by atoms with E-state index in [1.165, 1.54) is 0 Å². The molecule has 19 heavy (non-hydrogen) atoms. The third kappa shape index (κ3) is 2.76. The van der Waals surface area contributed by atoms with Crippen LogP contribution in [-0.4, -0.2) is 58.0 Å². The average Bonchev–Trinajstić information content (AvgIpc) is 3.16. The molecule has 1 aliphatic heterocycles. The van der Waals surface area contributed by atoms with Crippen molar-refractivity contribution in [1.29, 1.82) is 0 Å². The molecule has 2 aliphatic rings. The number of hydrogen-bond donors (Lipinski definition) is 1. The minimum Gasteiger partial charge on any atom is -0.479 e. The van der Waals surface area contributed by atoms with E-state index in [9.17, 15) is 14.7 Å². The smallest absolute Gasteiger partial charge is 0.329 e. The molecule has 1 saturated carbocycles. The molecule has 1 atom stereocenters. The Labute approximate surface area is 114 Å². The monoisotopic (exact) mass is 268 g/mol. The van der Waals surface area contributed by atoms with Gasteiger partial charge in [0.15, 0.2) is 0 Å². The summed E-state index contributed by atoms with van der Waals surface area (Å²) in [6.45, 7) is 5.93. The normalized spacial score (nSPS) is 29.0. The van der Waals surface area contributed by atoms with E-state index in [2.05, 4.69) is 18.7 Å². The lowest BCUT2D eigenvalue weighted by atomic mass is 9.88. The Morgan fingerprint density at radius 3 is 2.53 bits per heavy atom. The highest BCUT2D eigenvalue weighted by Crippen LogP contribution is 2.37. The molecule has 108 valence electrons. The SMILES string of the molecule is CC(C)N1CCCC(C(=O)O)(N(C=O)C2CC2)CC1. The number of carbonyl (C=O) groups is 2. The topological polar surface area (TPSA) is 60.9 Å². The first-order valence-electron chi connectivity index (χ1n) is 7.22. The van der Waals surface area contributed by atoms with Crippen molar-refractivity contribution in [2.75, 3.05) is 13.1 Å². The summed E-state index contributed by atoms with van der Waals surface area (Å²) in [4.78, 5) is 27.1. The fourth-order valence-corrected chi connectivity index (χ4v) is 3.13. The van der Waals surface area contributed by atoms with Gasteiger partial charge in [-0.25, -0.2) is 4.79 Å². The van der Waals surface area contributed by atoms with E-state index >= 15 is 0 Å². The van der Waals surface area contributed by atoms with Gasteiger partial charge in [0.1, 0.15) is 5.54 Å². The molecular weight excluding hydrogens is 244 g/mol. The Morgan fingerprint density at radius 1 is 1.37 bits per heavy atom. The van der Waals surface area contributed by atoms with E-state index < -0.39 is 11.5 Å². The maximum Gasteiger partial charge on any atom is 0.329 e. The Kier molecular flexibility index (Phi) is 4.13. The van der Waals surface area contributed by atoms with Gasteiger partial charge in [0.05, 0.1) is 0 Å². The van der Waals surface area contributed by atoms with Crippen molar-refractivity contribution < 1.29 is 14.7 Å². The molecule has 1 aliphatic carbocycles. The maximum absolute atomic E-state index is 11.8.